The van der Waals surface area contributed by atoms with Crippen LogP contribution in [0, 0.1) is 12.8 Å². The number of rotatable bonds is 4. The molecule has 0 saturated carbocycles. The van der Waals surface area contributed by atoms with E-state index in [0.717, 1.165) is 30.4 Å². The van der Waals surface area contributed by atoms with Crippen molar-refractivity contribution in [1.29, 1.82) is 0 Å². The van der Waals surface area contributed by atoms with E-state index >= 15 is 0 Å². The summed E-state index contributed by atoms with van der Waals surface area (Å²) < 4.78 is 0. The number of piperidine rings is 1. The topological polar surface area (TPSA) is 70.2 Å². The number of hydrogen-bond acceptors (Lipinski definition) is 5. The highest BCUT2D eigenvalue weighted by molar-refractivity contribution is 6.03. The molecule has 150 valence electrons. The van der Waals surface area contributed by atoms with Crippen molar-refractivity contribution in [1.82, 2.24) is 9.97 Å². The smallest absolute Gasteiger partial charge is 0.274 e. The Balaban J connectivity index is 1.67. The molecule has 2 aromatic rings. The Morgan fingerprint density at radius 1 is 1.11 bits per heavy atom. The molecular weight excluding hydrogens is 350 g/mol. The molecule has 3 rings (SSSR count). The van der Waals surface area contributed by atoms with E-state index in [1.54, 1.807) is 6.07 Å². The second-order valence-corrected chi connectivity index (χ2v) is 8.76. The molecule has 0 spiro atoms. The summed E-state index contributed by atoms with van der Waals surface area (Å²) >= 11 is 0. The number of carbonyl (C=O) groups excluding carboxylic acids is 1. The quantitative estimate of drug-likeness (QED) is 0.817. The Kier molecular flexibility index (Phi) is 5.87. The maximum Gasteiger partial charge on any atom is 0.274 e. The van der Waals surface area contributed by atoms with E-state index in [1.165, 1.54) is 18.5 Å². The fourth-order valence-electron chi connectivity index (χ4n) is 3.29. The van der Waals surface area contributed by atoms with Gasteiger partial charge in [-0.3, -0.25) is 4.79 Å². The molecular formula is C22H31N5O. The average molecular weight is 382 g/mol. The molecule has 1 aliphatic heterocycles. The standard InChI is InChI=1S/C22H31N5O/c1-15-10-12-27(13-11-15)18-8-6-17(7-9-18)24-20(28)19-14-16(2)23-21(25-19)26-22(3,4)5/h6-9,14-15H,10-13H2,1-5H3,(H,24,28)(H,23,25,26). The van der Waals surface area contributed by atoms with E-state index < -0.39 is 0 Å². The third-order valence-corrected chi connectivity index (χ3v) is 4.85. The summed E-state index contributed by atoms with van der Waals surface area (Å²) in [5.41, 5.74) is 2.90. The van der Waals surface area contributed by atoms with Crippen LogP contribution in [0.25, 0.3) is 0 Å². The monoisotopic (exact) mass is 381 g/mol. The summed E-state index contributed by atoms with van der Waals surface area (Å²) in [5.74, 6) is 1.04. The van der Waals surface area contributed by atoms with Crippen LogP contribution in [0.4, 0.5) is 17.3 Å². The third-order valence-electron chi connectivity index (χ3n) is 4.85. The van der Waals surface area contributed by atoms with Gasteiger partial charge in [-0.25, -0.2) is 9.97 Å². The second-order valence-electron chi connectivity index (χ2n) is 8.76. The van der Waals surface area contributed by atoms with Gasteiger partial charge in [0.15, 0.2) is 0 Å². The van der Waals surface area contributed by atoms with Gasteiger partial charge in [0.25, 0.3) is 5.91 Å². The minimum absolute atomic E-state index is 0.177. The van der Waals surface area contributed by atoms with Gasteiger partial charge in [0, 0.05) is 35.7 Å². The lowest BCUT2D eigenvalue weighted by atomic mass is 9.99. The molecule has 1 aromatic heterocycles. The van der Waals surface area contributed by atoms with Crippen LogP contribution in [0.1, 0.15) is 56.7 Å². The Morgan fingerprint density at radius 3 is 2.36 bits per heavy atom. The SMILES string of the molecule is Cc1cc(C(=O)Nc2ccc(N3CCC(C)CC3)cc2)nc(NC(C)(C)C)n1. The van der Waals surface area contributed by atoms with E-state index in [2.05, 4.69) is 44.6 Å². The van der Waals surface area contributed by atoms with Crippen LogP contribution >= 0.6 is 0 Å². The second kappa shape index (κ2) is 8.17. The molecule has 0 atom stereocenters. The molecule has 1 aliphatic rings. The van der Waals surface area contributed by atoms with Gasteiger partial charge in [-0.05, 0) is 76.8 Å². The summed E-state index contributed by atoms with van der Waals surface area (Å²) in [6.45, 7) is 12.5. The highest BCUT2D eigenvalue weighted by atomic mass is 16.1. The van der Waals surface area contributed by atoms with Crippen molar-refractivity contribution in [3.8, 4) is 0 Å². The molecule has 0 bridgehead atoms. The van der Waals surface area contributed by atoms with Crippen molar-refractivity contribution >= 4 is 23.2 Å². The number of nitrogens with one attached hydrogen (secondary N) is 2. The number of amides is 1. The van der Waals surface area contributed by atoms with Crippen LogP contribution in [0.5, 0.6) is 0 Å². The Morgan fingerprint density at radius 2 is 1.75 bits per heavy atom. The number of aryl methyl sites for hydroxylation is 1. The van der Waals surface area contributed by atoms with E-state index in [9.17, 15) is 4.79 Å². The number of hydrogen-bond donors (Lipinski definition) is 2. The number of aromatic nitrogens is 2. The molecule has 0 aliphatic carbocycles. The summed E-state index contributed by atoms with van der Waals surface area (Å²) in [6.07, 6.45) is 2.47. The van der Waals surface area contributed by atoms with Gasteiger partial charge < -0.3 is 15.5 Å². The van der Waals surface area contributed by atoms with E-state index in [-0.39, 0.29) is 11.4 Å². The van der Waals surface area contributed by atoms with Gasteiger partial charge in [0.1, 0.15) is 5.69 Å². The number of nitrogens with zero attached hydrogens (tertiary/aromatic N) is 3. The zero-order valence-electron chi connectivity index (χ0n) is 17.5. The fourth-order valence-corrected chi connectivity index (χ4v) is 3.29. The minimum atomic E-state index is -0.234. The predicted octanol–water partition coefficient (Wildman–Crippen LogP) is 4.48. The van der Waals surface area contributed by atoms with Crippen molar-refractivity contribution in [3.63, 3.8) is 0 Å². The first kappa shape index (κ1) is 20.1. The highest BCUT2D eigenvalue weighted by Crippen LogP contribution is 2.24. The Bertz CT molecular complexity index is 818. The van der Waals surface area contributed by atoms with Crippen LogP contribution in [-0.2, 0) is 0 Å². The zero-order valence-corrected chi connectivity index (χ0v) is 17.5. The lowest BCUT2D eigenvalue weighted by Gasteiger charge is -2.32. The van der Waals surface area contributed by atoms with Gasteiger partial charge in [0.2, 0.25) is 5.95 Å². The molecule has 2 heterocycles. The van der Waals surface area contributed by atoms with Crippen LogP contribution in [-0.4, -0.2) is 34.5 Å². The number of carbonyl (C=O) groups is 1. The lowest BCUT2D eigenvalue weighted by Crippen LogP contribution is -2.32. The van der Waals surface area contributed by atoms with Crippen LogP contribution < -0.4 is 15.5 Å². The van der Waals surface area contributed by atoms with Gasteiger partial charge in [0.05, 0.1) is 0 Å². The molecule has 0 unspecified atom stereocenters. The molecule has 1 fully saturated rings. The Hall–Kier alpha value is -2.63. The normalized spacial score (nSPS) is 15.4. The molecule has 0 radical (unpaired) electrons. The summed E-state index contributed by atoms with van der Waals surface area (Å²) in [4.78, 5) is 23.8. The van der Waals surface area contributed by atoms with Crippen molar-refractivity contribution < 1.29 is 4.79 Å². The highest BCUT2D eigenvalue weighted by Gasteiger charge is 2.17. The number of anilines is 3. The van der Waals surface area contributed by atoms with Crippen molar-refractivity contribution in [2.24, 2.45) is 5.92 Å². The molecule has 1 amide bonds. The van der Waals surface area contributed by atoms with E-state index in [0.29, 0.717) is 11.6 Å². The van der Waals surface area contributed by atoms with Crippen LogP contribution in [0.3, 0.4) is 0 Å². The predicted molar refractivity (Wildman–Crippen MR) is 115 cm³/mol. The molecule has 28 heavy (non-hydrogen) atoms. The van der Waals surface area contributed by atoms with Gasteiger partial charge in [-0.2, -0.15) is 0 Å². The van der Waals surface area contributed by atoms with Crippen molar-refractivity contribution in [2.45, 2.75) is 53.0 Å². The molecule has 6 heteroatoms. The van der Waals surface area contributed by atoms with Crippen molar-refractivity contribution in [3.05, 3.63) is 41.7 Å². The molecule has 1 aromatic carbocycles. The zero-order chi connectivity index (χ0) is 20.3. The van der Waals surface area contributed by atoms with Gasteiger partial charge >= 0.3 is 0 Å². The first-order valence-electron chi connectivity index (χ1n) is 10.00. The molecule has 2 N–H and O–H groups in total. The summed E-state index contributed by atoms with van der Waals surface area (Å²) in [5, 5.41) is 6.16. The van der Waals surface area contributed by atoms with Gasteiger partial charge in [-0.1, -0.05) is 6.92 Å². The summed E-state index contributed by atoms with van der Waals surface area (Å²) in [6, 6.07) is 9.75. The van der Waals surface area contributed by atoms with Crippen LogP contribution in [0.2, 0.25) is 0 Å². The van der Waals surface area contributed by atoms with E-state index in [4.69, 9.17) is 0 Å². The molecule has 1 saturated heterocycles. The summed E-state index contributed by atoms with van der Waals surface area (Å²) in [7, 11) is 0. The first-order valence-corrected chi connectivity index (χ1v) is 10.00. The molecule has 6 nitrogen and oxygen atoms in total. The third kappa shape index (κ3) is 5.44. The average Bonchev–Trinajstić information content (AvgIpc) is 2.61. The fraction of sp³-hybridized carbons (Fsp3) is 0.500. The van der Waals surface area contributed by atoms with Crippen molar-refractivity contribution in [2.75, 3.05) is 28.6 Å². The largest absolute Gasteiger partial charge is 0.372 e. The first-order chi connectivity index (χ1) is 13.2. The lowest BCUT2D eigenvalue weighted by molar-refractivity contribution is 0.102. The maximum atomic E-state index is 12.7. The van der Waals surface area contributed by atoms with Crippen LogP contribution in [0.15, 0.2) is 30.3 Å². The van der Waals surface area contributed by atoms with E-state index in [1.807, 2.05) is 39.8 Å². The minimum Gasteiger partial charge on any atom is -0.372 e. The maximum absolute atomic E-state index is 12.7. The Labute approximate surface area is 167 Å². The van der Waals surface area contributed by atoms with Gasteiger partial charge in [-0.15, -0.1) is 0 Å². The number of benzene rings is 1.